The van der Waals surface area contributed by atoms with Gasteiger partial charge in [-0.3, -0.25) is 0 Å². The molecular formula is C43H30N2OS. The van der Waals surface area contributed by atoms with Crippen LogP contribution in [0.25, 0.3) is 60.5 Å². The normalized spacial score (nSPS) is 17.2. The molecule has 1 aliphatic heterocycles. The molecule has 10 rings (SSSR count). The number of para-hydroxylation sites is 1. The van der Waals surface area contributed by atoms with Crippen LogP contribution < -0.4 is 0 Å². The first-order chi connectivity index (χ1) is 23.0. The number of rotatable bonds is 2. The zero-order valence-electron chi connectivity index (χ0n) is 26.1. The number of hydrogen-bond acceptors (Lipinski definition) is 2. The fraction of sp³-hybridized carbons (Fsp3) is 0.0698. The topological polar surface area (TPSA) is 34.4 Å². The summed E-state index contributed by atoms with van der Waals surface area (Å²) in [4.78, 5) is 1.49. The van der Waals surface area contributed by atoms with Crippen molar-refractivity contribution in [1.29, 1.82) is 0 Å². The fourth-order valence-corrected chi connectivity index (χ4v) is 10.5. The van der Waals surface area contributed by atoms with Gasteiger partial charge in [0.2, 0.25) is 0 Å². The Bertz CT molecular complexity index is 2760. The van der Waals surface area contributed by atoms with Gasteiger partial charge in [0.15, 0.2) is 0 Å². The molecule has 0 saturated carbocycles. The predicted octanol–water partition coefficient (Wildman–Crippen LogP) is 11.4. The summed E-state index contributed by atoms with van der Waals surface area (Å²) in [7, 11) is -2.96. The predicted molar refractivity (Wildman–Crippen MR) is 194 cm³/mol. The quantitative estimate of drug-likeness (QED) is 0.189. The molecule has 1 atom stereocenters. The molecule has 1 aromatic heterocycles. The number of nitrogens with zero attached hydrogens (tertiary/aromatic N) is 2. The molecule has 47 heavy (non-hydrogen) atoms. The summed E-state index contributed by atoms with van der Waals surface area (Å²) < 4.78 is 23.0. The standard InChI is InChI=1S/C43H30N2OS/c1-43(2)34-23-11-8-20-32(34)38-29-18-6-7-19-30(29)39-33-21-9-12-24-35(33)45(42(39)40(38)43)36-25-14-22-31-28-17-10-13-26-37(28)47(46,44-41(31)36)27-15-4-3-5-16-27/h3-26H,1-2H3. The Morgan fingerprint density at radius 3 is 2.06 bits per heavy atom. The molecule has 1 unspecified atom stereocenters. The van der Waals surface area contributed by atoms with Crippen LogP contribution in [0.2, 0.25) is 0 Å². The van der Waals surface area contributed by atoms with Crippen LogP contribution in [0, 0.1) is 0 Å². The molecule has 0 bridgehead atoms. The maximum Gasteiger partial charge on any atom is 0.109 e. The van der Waals surface area contributed by atoms with Crippen molar-refractivity contribution in [3.8, 4) is 27.9 Å². The highest BCUT2D eigenvalue weighted by Crippen LogP contribution is 2.57. The molecular weight excluding hydrogens is 593 g/mol. The molecule has 0 radical (unpaired) electrons. The third-order valence-corrected chi connectivity index (χ3v) is 12.6. The van der Waals surface area contributed by atoms with Crippen molar-refractivity contribution in [2.24, 2.45) is 4.36 Å². The molecule has 3 nitrogen and oxygen atoms in total. The SMILES string of the molecule is CC1(C)c2ccccc2-c2c1c1c(c3ccccc23)c2ccccc2n1-c1cccc2c1N=S(=O)(c1ccccc1)c1ccccc1-2. The van der Waals surface area contributed by atoms with Gasteiger partial charge in [0.25, 0.3) is 0 Å². The minimum atomic E-state index is -2.96. The number of benzene rings is 7. The number of aromatic nitrogens is 1. The average molecular weight is 623 g/mol. The Morgan fingerprint density at radius 2 is 1.23 bits per heavy atom. The van der Waals surface area contributed by atoms with Crippen LogP contribution in [0.1, 0.15) is 25.0 Å². The number of fused-ring (bicyclic) bond motifs is 13. The van der Waals surface area contributed by atoms with Gasteiger partial charge in [-0.15, -0.1) is 0 Å². The molecule has 1 aliphatic carbocycles. The molecule has 0 N–H and O–H groups in total. The van der Waals surface area contributed by atoms with Gasteiger partial charge < -0.3 is 4.57 Å². The molecule has 0 saturated heterocycles. The first-order valence-corrected chi connectivity index (χ1v) is 17.6. The largest absolute Gasteiger partial charge is 0.307 e. The molecule has 2 aliphatic rings. The minimum Gasteiger partial charge on any atom is -0.307 e. The molecule has 0 spiro atoms. The second-order valence-electron chi connectivity index (χ2n) is 13.1. The molecule has 7 aromatic carbocycles. The Kier molecular flexibility index (Phi) is 5.29. The van der Waals surface area contributed by atoms with E-state index in [2.05, 4.69) is 115 Å². The summed E-state index contributed by atoms with van der Waals surface area (Å²) in [5.41, 5.74) is 11.0. The van der Waals surface area contributed by atoms with E-state index in [1.54, 1.807) is 0 Å². The summed E-state index contributed by atoms with van der Waals surface area (Å²) in [5.74, 6) is 0. The Balaban J connectivity index is 1.43. The molecule has 2 heterocycles. The van der Waals surface area contributed by atoms with Crippen LogP contribution >= 0.6 is 0 Å². The van der Waals surface area contributed by atoms with E-state index in [-0.39, 0.29) is 5.41 Å². The van der Waals surface area contributed by atoms with Gasteiger partial charge in [0.1, 0.15) is 15.4 Å². The van der Waals surface area contributed by atoms with Crippen LogP contribution in [0.5, 0.6) is 0 Å². The first kappa shape index (κ1) is 26.7. The molecule has 8 aromatic rings. The smallest absolute Gasteiger partial charge is 0.109 e. The van der Waals surface area contributed by atoms with E-state index in [1.807, 2.05) is 48.5 Å². The van der Waals surface area contributed by atoms with Crippen LogP contribution in [0.4, 0.5) is 5.69 Å². The van der Waals surface area contributed by atoms with Crippen LogP contribution in [-0.4, -0.2) is 8.78 Å². The Labute approximate surface area is 273 Å². The zero-order chi connectivity index (χ0) is 31.5. The Morgan fingerprint density at radius 1 is 0.596 bits per heavy atom. The van der Waals surface area contributed by atoms with E-state index < -0.39 is 9.73 Å². The summed E-state index contributed by atoms with van der Waals surface area (Å²) in [5, 5.41) is 4.96. The van der Waals surface area contributed by atoms with Crippen molar-refractivity contribution < 1.29 is 4.21 Å². The van der Waals surface area contributed by atoms with Gasteiger partial charge in [0, 0.05) is 27.3 Å². The maximum atomic E-state index is 15.3. The zero-order valence-corrected chi connectivity index (χ0v) is 26.9. The van der Waals surface area contributed by atoms with Gasteiger partial charge >= 0.3 is 0 Å². The maximum absolute atomic E-state index is 15.3. The lowest BCUT2D eigenvalue weighted by atomic mass is 9.80. The highest BCUT2D eigenvalue weighted by molar-refractivity contribution is 7.94. The lowest BCUT2D eigenvalue weighted by Crippen LogP contribution is -2.17. The van der Waals surface area contributed by atoms with Crippen LogP contribution in [0.3, 0.4) is 0 Å². The number of hydrogen-bond donors (Lipinski definition) is 0. The van der Waals surface area contributed by atoms with Crippen molar-refractivity contribution in [2.45, 2.75) is 29.1 Å². The van der Waals surface area contributed by atoms with Crippen molar-refractivity contribution in [1.82, 2.24) is 4.57 Å². The van der Waals surface area contributed by atoms with Crippen LogP contribution in [-0.2, 0) is 15.1 Å². The summed E-state index contributed by atoms with van der Waals surface area (Å²) >= 11 is 0. The molecule has 0 amide bonds. The Hall–Kier alpha value is -5.45. The highest BCUT2D eigenvalue weighted by Gasteiger charge is 2.40. The van der Waals surface area contributed by atoms with E-state index in [9.17, 15) is 0 Å². The first-order valence-electron chi connectivity index (χ1n) is 16.1. The molecule has 4 heteroatoms. The lowest BCUT2D eigenvalue weighted by Gasteiger charge is -2.26. The molecule has 224 valence electrons. The van der Waals surface area contributed by atoms with Gasteiger partial charge in [-0.05, 0) is 63.4 Å². The lowest BCUT2D eigenvalue weighted by molar-refractivity contribution is 0.664. The second-order valence-corrected chi connectivity index (χ2v) is 15.3. The van der Waals surface area contributed by atoms with Crippen molar-refractivity contribution >= 4 is 48.0 Å². The van der Waals surface area contributed by atoms with Gasteiger partial charge in [0.05, 0.1) is 26.5 Å². The highest BCUT2D eigenvalue weighted by atomic mass is 32.2. The summed E-state index contributed by atoms with van der Waals surface area (Å²) in [6.07, 6.45) is 0. The summed E-state index contributed by atoms with van der Waals surface area (Å²) in [6, 6.07) is 50.7. The van der Waals surface area contributed by atoms with Crippen molar-refractivity contribution in [3.63, 3.8) is 0 Å². The fourth-order valence-electron chi connectivity index (χ4n) is 8.36. The van der Waals surface area contributed by atoms with E-state index in [4.69, 9.17) is 4.36 Å². The monoisotopic (exact) mass is 622 g/mol. The minimum absolute atomic E-state index is 0.253. The van der Waals surface area contributed by atoms with E-state index >= 15 is 4.21 Å². The van der Waals surface area contributed by atoms with Crippen molar-refractivity contribution in [2.75, 3.05) is 0 Å². The average Bonchev–Trinajstić information content (AvgIpc) is 3.58. The summed E-state index contributed by atoms with van der Waals surface area (Å²) in [6.45, 7) is 4.72. The third kappa shape index (κ3) is 3.38. The second kappa shape index (κ2) is 9.31. The van der Waals surface area contributed by atoms with E-state index in [0.717, 1.165) is 37.8 Å². The molecule has 0 fully saturated rings. The van der Waals surface area contributed by atoms with E-state index in [0.29, 0.717) is 0 Å². The van der Waals surface area contributed by atoms with Gasteiger partial charge in [-0.1, -0.05) is 129 Å². The van der Waals surface area contributed by atoms with Gasteiger partial charge in [-0.2, -0.15) is 4.36 Å². The third-order valence-electron chi connectivity index (χ3n) is 10.3. The van der Waals surface area contributed by atoms with E-state index in [1.165, 1.54) is 49.3 Å². The van der Waals surface area contributed by atoms with Crippen molar-refractivity contribution in [3.05, 3.63) is 157 Å². The van der Waals surface area contributed by atoms with Gasteiger partial charge in [-0.25, -0.2) is 4.21 Å². The van der Waals surface area contributed by atoms with Crippen LogP contribution in [0.15, 0.2) is 160 Å².